The fourth-order valence-electron chi connectivity index (χ4n) is 2.21. The molecular formula is C17H29N3O. The number of anilines is 1. The van der Waals surface area contributed by atoms with Gasteiger partial charge in [-0.05, 0) is 24.5 Å². The van der Waals surface area contributed by atoms with E-state index in [2.05, 4.69) is 17.2 Å². The van der Waals surface area contributed by atoms with Crippen LogP contribution in [0.4, 0.5) is 5.82 Å². The normalized spacial score (nSPS) is 10.9. The van der Waals surface area contributed by atoms with Crippen LogP contribution in [-0.4, -0.2) is 17.4 Å². The fraction of sp³-hybridized carbons (Fsp3) is 0.647. The van der Waals surface area contributed by atoms with E-state index in [9.17, 15) is 4.79 Å². The molecule has 0 aliphatic carbocycles. The summed E-state index contributed by atoms with van der Waals surface area (Å²) in [6.45, 7) is 7.02. The van der Waals surface area contributed by atoms with Crippen molar-refractivity contribution in [2.45, 2.75) is 65.2 Å². The molecule has 4 nitrogen and oxygen atoms in total. The van der Waals surface area contributed by atoms with E-state index in [1.165, 1.54) is 32.1 Å². The monoisotopic (exact) mass is 291 g/mol. The Bertz CT molecular complexity index is 444. The van der Waals surface area contributed by atoms with E-state index in [-0.39, 0.29) is 11.8 Å². The van der Waals surface area contributed by atoms with Gasteiger partial charge in [0, 0.05) is 17.8 Å². The Labute approximate surface area is 128 Å². The molecule has 0 fully saturated rings. The van der Waals surface area contributed by atoms with Gasteiger partial charge in [0.25, 0.3) is 5.91 Å². The molecule has 1 amide bonds. The second-order valence-electron chi connectivity index (χ2n) is 5.88. The van der Waals surface area contributed by atoms with Crippen molar-refractivity contribution in [3.63, 3.8) is 0 Å². The standard InChI is InChI=1S/C17H29N3O/c1-4-5-6-7-8-9-10-19-17(21)14-11-15(13(2)3)20-16(18)12-14/h11-13H,4-10H2,1-3H3,(H2,18,20)(H,19,21). The van der Waals surface area contributed by atoms with Crippen LogP contribution in [-0.2, 0) is 0 Å². The first-order valence-corrected chi connectivity index (χ1v) is 8.10. The summed E-state index contributed by atoms with van der Waals surface area (Å²) >= 11 is 0. The Morgan fingerprint density at radius 1 is 1.19 bits per heavy atom. The molecule has 1 aromatic heterocycles. The van der Waals surface area contributed by atoms with Crippen molar-refractivity contribution >= 4 is 11.7 Å². The highest BCUT2D eigenvalue weighted by atomic mass is 16.1. The van der Waals surface area contributed by atoms with Gasteiger partial charge in [-0.2, -0.15) is 0 Å². The van der Waals surface area contributed by atoms with E-state index in [4.69, 9.17) is 5.73 Å². The van der Waals surface area contributed by atoms with Gasteiger partial charge in [0.2, 0.25) is 0 Å². The van der Waals surface area contributed by atoms with Crippen molar-refractivity contribution in [2.24, 2.45) is 0 Å². The number of hydrogen-bond donors (Lipinski definition) is 2. The van der Waals surface area contributed by atoms with Gasteiger partial charge in [0.1, 0.15) is 5.82 Å². The lowest BCUT2D eigenvalue weighted by molar-refractivity contribution is 0.0952. The highest BCUT2D eigenvalue weighted by molar-refractivity contribution is 5.94. The van der Waals surface area contributed by atoms with Crippen LogP contribution in [0.15, 0.2) is 12.1 Å². The third-order valence-corrected chi connectivity index (χ3v) is 3.53. The molecular weight excluding hydrogens is 262 g/mol. The topological polar surface area (TPSA) is 68.0 Å². The Morgan fingerprint density at radius 3 is 2.52 bits per heavy atom. The molecule has 0 radical (unpaired) electrons. The predicted octanol–water partition coefficient (Wildman–Crippen LogP) is 3.88. The number of carbonyl (C=O) groups excluding carboxylic acids is 1. The molecule has 4 heteroatoms. The zero-order valence-corrected chi connectivity index (χ0v) is 13.6. The molecule has 21 heavy (non-hydrogen) atoms. The van der Waals surface area contributed by atoms with Crippen molar-refractivity contribution in [1.29, 1.82) is 0 Å². The number of nitrogens with zero attached hydrogens (tertiary/aromatic N) is 1. The molecule has 1 aromatic rings. The first kappa shape index (κ1) is 17.5. The van der Waals surface area contributed by atoms with Crippen LogP contribution in [0.2, 0.25) is 0 Å². The highest BCUT2D eigenvalue weighted by Crippen LogP contribution is 2.16. The molecule has 1 rings (SSSR count). The number of hydrogen-bond acceptors (Lipinski definition) is 3. The molecule has 0 bridgehead atoms. The van der Waals surface area contributed by atoms with Gasteiger partial charge in [0.05, 0.1) is 0 Å². The van der Waals surface area contributed by atoms with Crippen molar-refractivity contribution < 1.29 is 4.79 Å². The van der Waals surface area contributed by atoms with Crippen LogP contribution in [0.5, 0.6) is 0 Å². The van der Waals surface area contributed by atoms with Crippen LogP contribution in [0, 0.1) is 0 Å². The number of unbranched alkanes of at least 4 members (excludes halogenated alkanes) is 5. The maximum Gasteiger partial charge on any atom is 0.251 e. The van der Waals surface area contributed by atoms with E-state index < -0.39 is 0 Å². The molecule has 0 aliphatic rings. The van der Waals surface area contributed by atoms with E-state index >= 15 is 0 Å². The average molecular weight is 291 g/mol. The number of pyridine rings is 1. The van der Waals surface area contributed by atoms with E-state index in [1.54, 1.807) is 6.07 Å². The molecule has 118 valence electrons. The van der Waals surface area contributed by atoms with Crippen LogP contribution in [0.3, 0.4) is 0 Å². The summed E-state index contributed by atoms with van der Waals surface area (Å²) in [7, 11) is 0. The number of aromatic nitrogens is 1. The number of carbonyl (C=O) groups is 1. The molecule has 0 saturated heterocycles. The Kier molecular flexibility index (Phi) is 7.80. The Balaban J connectivity index is 2.38. The van der Waals surface area contributed by atoms with Crippen molar-refractivity contribution in [1.82, 2.24) is 10.3 Å². The minimum atomic E-state index is -0.0560. The lowest BCUT2D eigenvalue weighted by atomic mass is 10.1. The fourth-order valence-corrected chi connectivity index (χ4v) is 2.21. The maximum absolute atomic E-state index is 12.1. The SMILES string of the molecule is CCCCCCCCNC(=O)c1cc(N)nc(C(C)C)c1. The first-order valence-electron chi connectivity index (χ1n) is 8.10. The molecule has 3 N–H and O–H groups in total. The number of nitrogens with two attached hydrogens (primary N) is 1. The molecule has 0 unspecified atom stereocenters. The van der Waals surface area contributed by atoms with Crippen LogP contribution >= 0.6 is 0 Å². The van der Waals surface area contributed by atoms with Crippen LogP contribution in [0.1, 0.15) is 81.3 Å². The smallest absolute Gasteiger partial charge is 0.251 e. The highest BCUT2D eigenvalue weighted by Gasteiger charge is 2.10. The third-order valence-electron chi connectivity index (χ3n) is 3.53. The molecule has 0 aromatic carbocycles. The van der Waals surface area contributed by atoms with E-state index in [1.807, 2.05) is 19.9 Å². The number of amides is 1. The minimum Gasteiger partial charge on any atom is -0.384 e. The quantitative estimate of drug-likeness (QED) is 0.678. The van der Waals surface area contributed by atoms with Crippen LogP contribution < -0.4 is 11.1 Å². The predicted molar refractivity (Wildman–Crippen MR) is 88.4 cm³/mol. The summed E-state index contributed by atoms with van der Waals surface area (Å²) in [4.78, 5) is 16.4. The van der Waals surface area contributed by atoms with Gasteiger partial charge >= 0.3 is 0 Å². The molecule has 0 aliphatic heterocycles. The van der Waals surface area contributed by atoms with Gasteiger partial charge < -0.3 is 11.1 Å². The first-order chi connectivity index (χ1) is 10.0. The van der Waals surface area contributed by atoms with Gasteiger partial charge in [0.15, 0.2) is 0 Å². The summed E-state index contributed by atoms with van der Waals surface area (Å²) in [6.07, 6.45) is 7.33. The van der Waals surface area contributed by atoms with Crippen LogP contribution in [0.25, 0.3) is 0 Å². The van der Waals surface area contributed by atoms with E-state index in [0.717, 1.165) is 18.7 Å². The average Bonchev–Trinajstić information content (AvgIpc) is 2.45. The lowest BCUT2D eigenvalue weighted by Gasteiger charge is -2.10. The summed E-state index contributed by atoms with van der Waals surface area (Å²) in [5.74, 6) is 0.615. The van der Waals surface area contributed by atoms with Gasteiger partial charge in [-0.15, -0.1) is 0 Å². The Morgan fingerprint density at radius 2 is 1.86 bits per heavy atom. The van der Waals surface area contributed by atoms with Crippen molar-refractivity contribution in [2.75, 3.05) is 12.3 Å². The van der Waals surface area contributed by atoms with Crippen molar-refractivity contribution in [3.05, 3.63) is 23.4 Å². The second kappa shape index (κ2) is 9.37. The molecule has 0 spiro atoms. The van der Waals surface area contributed by atoms with Gasteiger partial charge in [-0.25, -0.2) is 4.98 Å². The summed E-state index contributed by atoms with van der Waals surface area (Å²) in [5.41, 5.74) is 7.24. The largest absolute Gasteiger partial charge is 0.384 e. The number of nitrogens with one attached hydrogen (secondary N) is 1. The summed E-state index contributed by atoms with van der Waals surface area (Å²) < 4.78 is 0. The summed E-state index contributed by atoms with van der Waals surface area (Å²) in [5, 5.41) is 2.96. The molecule has 1 heterocycles. The number of rotatable bonds is 9. The third kappa shape index (κ3) is 6.61. The van der Waals surface area contributed by atoms with Gasteiger partial charge in [-0.1, -0.05) is 52.9 Å². The van der Waals surface area contributed by atoms with E-state index in [0.29, 0.717) is 11.4 Å². The van der Waals surface area contributed by atoms with Gasteiger partial charge in [-0.3, -0.25) is 4.79 Å². The van der Waals surface area contributed by atoms with Crippen molar-refractivity contribution in [3.8, 4) is 0 Å². The number of nitrogen functional groups attached to an aromatic ring is 1. The Hall–Kier alpha value is -1.58. The second-order valence-corrected chi connectivity index (χ2v) is 5.88. The molecule has 0 saturated carbocycles. The maximum atomic E-state index is 12.1. The lowest BCUT2D eigenvalue weighted by Crippen LogP contribution is -2.25. The summed E-state index contributed by atoms with van der Waals surface area (Å²) in [6, 6.07) is 3.47. The molecule has 0 atom stereocenters. The minimum absolute atomic E-state index is 0.0560. The zero-order chi connectivity index (χ0) is 15.7. The zero-order valence-electron chi connectivity index (χ0n) is 13.6.